The van der Waals surface area contributed by atoms with E-state index in [-0.39, 0.29) is 17.5 Å². The quantitative estimate of drug-likeness (QED) is 0.815. The summed E-state index contributed by atoms with van der Waals surface area (Å²) in [6, 6.07) is 3.19. The maximum absolute atomic E-state index is 12.0. The Morgan fingerprint density at radius 2 is 2.17 bits per heavy atom. The summed E-state index contributed by atoms with van der Waals surface area (Å²) in [5, 5.41) is 3.02. The number of likely N-dealkylation sites (N-methyl/N-ethyl adjacent to an activating group) is 1. The molecule has 0 aromatic carbocycles. The third-order valence-electron chi connectivity index (χ3n) is 3.31. The third-order valence-corrected chi connectivity index (χ3v) is 3.31. The van der Waals surface area contributed by atoms with Crippen LogP contribution in [0.2, 0.25) is 0 Å². The molecular weight excluding hydrogens is 230 g/mol. The first-order valence-corrected chi connectivity index (χ1v) is 6.22. The Kier molecular flexibility index (Phi) is 3.81. The van der Waals surface area contributed by atoms with Gasteiger partial charge in [0.1, 0.15) is 0 Å². The Morgan fingerprint density at radius 1 is 1.39 bits per heavy atom. The van der Waals surface area contributed by atoms with Gasteiger partial charge in [0.25, 0.3) is 5.91 Å². The van der Waals surface area contributed by atoms with Gasteiger partial charge in [0.05, 0.1) is 5.56 Å². The summed E-state index contributed by atoms with van der Waals surface area (Å²) in [7, 11) is 3.71. The second-order valence-corrected chi connectivity index (χ2v) is 4.94. The highest BCUT2D eigenvalue weighted by molar-refractivity contribution is 5.94. The second kappa shape index (κ2) is 5.35. The highest BCUT2D eigenvalue weighted by Crippen LogP contribution is 2.08. The number of hydrogen-bond acceptors (Lipinski definition) is 3. The molecule has 0 aliphatic carbocycles. The number of nitrogens with one attached hydrogen (secondary N) is 1. The number of pyridine rings is 1. The second-order valence-electron chi connectivity index (χ2n) is 4.94. The summed E-state index contributed by atoms with van der Waals surface area (Å²) >= 11 is 0. The molecule has 0 radical (unpaired) electrons. The molecule has 1 aromatic heterocycles. The number of hydrogen-bond donors (Lipinski definition) is 1. The molecule has 98 valence electrons. The average molecular weight is 249 g/mol. The zero-order valence-electron chi connectivity index (χ0n) is 10.8. The van der Waals surface area contributed by atoms with Gasteiger partial charge in [0.15, 0.2) is 0 Å². The van der Waals surface area contributed by atoms with E-state index in [2.05, 4.69) is 17.3 Å². The van der Waals surface area contributed by atoms with Crippen LogP contribution in [-0.4, -0.2) is 41.6 Å². The molecule has 0 bridgehead atoms. The Balaban J connectivity index is 2.02. The number of aryl methyl sites for hydroxylation is 1. The van der Waals surface area contributed by atoms with Crippen molar-refractivity contribution < 1.29 is 4.79 Å². The molecule has 1 aromatic rings. The Labute approximate surface area is 106 Å². The molecule has 1 N–H and O–H groups in total. The molecule has 1 atom stereocenters. The lowest BCUT2D eigenvalue weighted by Crippen LogP contribution is -2.46. The van der Waals surface area contributed by atoms with Crippen LogP contribution in [0, 0.1) is 0 Å². The minimum atomic E-state index is -0.107. The Hall–Kier alpha value is -1.62. The van der Waals surface area contributed by atoms with Gasteiger partial charge in [-0.3, -0.25) is 9.59 Å². The number of piperidine rings is 1. The first kappa shape index (κ1) is 12.8. The van der Waals surface area contributed by atoms with Gasteiger partial charge >= 0.3 is 0 Å². The number of carbonyl (C=O) groups is 1. The topological polar surface area (TPSA) is 54.3 Å². The molecule has 2 rings (SSSR count). The summed E-state index contributed by atoms with van der Waals surface area (Å²) in [5.74, 6) is -0.106. The van der Waals surface area contributed by atoms with Crippen LogP contribution in [-0.2, 0) is 7.05 Å². The van der Waals surface area contributed by atoms with Crippen LogP contribution in [0.3, 0.4) is 0 Å². The maximum Gasteiger partial charge on any atom is 0.253 e. The molecule has 0 saturated carbocycles. The Bertz CT molecular complexity index is 495. The first-order valence-electron chi connectivity index (χ1n) is 6.22. The smallest absolute Gasteiger partial charge is 0.253 e. The molecule has 1 aliphatic rings. The SMILES string of the molecule is CN1CCCC(NC(=O)c2ccc(=O)n(C)c2)C1. The molecule has 18 heavy (non-hydrogen) atoms. The number of nitrogens with zero attached hydrogens (tertiary/aromatic N) is 2. The van der Waals surface area contributed by atoms with Crippen LogP contribution < -0.4 is 10.9 Å². The van der Waals surface area contributed by atoms with Crippen LogP contribution in [0.4, 0.5) is 0 Å². The lowest BCUT2D eigenvalue weighted by Gasteiger charge is -2.30. The fourth-order valence-electron chi connectivity index (χ4n) is 2.28. The molecule has 1 aliphatic heterocycles. The summed E-state index contributed by atoms with van der Waals surface area (Å²) in [6.45, 7) is 1.98. The molecule has 0 spiro atoms. The van der Waals surface area contributed by atoms with E-state index in [0.29, 0.717) is 5.56 Å². The van der Waals surface area contributed by atoms with E-state index in [1.54, 1.807) is 19.3 Å². The van der Waals surface area contributed by atoms with E-state index in [9.17, 15) is 9.59 Å². The monoisotopic (exact) mass is 249 g/mol. The Morgan fingerprint density at radius 3 is 2.83 bits per heavy atom. The van der Waals surface area contributed by atoms with Gasteiger partial charge in [0.2, 0.25) is 5.56 Å². The van der Waals surface area contributed by atoms with E-state index in [4.69, 9.17) is 0 Å². The lowest BCUT2D eigenvalue weighted by molar-refractivity contribution is 0.0911. The maximum atomic E-state index is 12.0. The molecule has 1 fully saturated rings. The van der Waals surface area contributed by atoms with Crippen LogP contribution in [0.25, 0.3) is 0 Å². The highest BCUT2D eigenvalue weighted by atomic mass is 16.2. The standard InChI is InChI=1S/C13H19N3O2/c1-15-7-3-4-11(9-15)14-13(18)10-5-6-12(17)16(2)8-10/h5-6,8,11H,3-4,7,9H2,1-2H3,(H,14,18). The molecule has 5 heteroatoms. The van der Waals surface area contributed by atoms with Crippen molar-refractivity contribution in [1.82, 2.24) is 14.8 Å². The normalized spacial score (nSPS) is 20.7. The van der Waals surface area contributed by atoms with Gasteiger partial charge < -0.3 is 14.8 Å². The van der Waals surface area contributed by atoms with Crippen LogP contribution in [0.1, 0.15) is 23.2 Å². The van der Waals surface area contributed by atoms with Crippen molar-refractivity contribution in [3.05, 3.63) is 34.2 Å². The van der Waals surface area contributed by atoms with Gasteiger partial charge in [0, 0.05) is 31.9 Å². The van der Waals surface area contributed by atoms with Crippen LogP contribution >= 0.6 is 0 Å². The van der Waals surface area contributed by atoms with Crippen LogP contribution in [0.15, 0.2) is 23.1 Å². The first-order chi connectivity index (χ1) is 8.56. The zero-order chi connectivity index (χ0) is 13.1. The summed E-state index contributed by atoms with van der Waals surface area (Å²) < 4.78 is 1.42. The van der Waals surface area contributed by atoms with Gasteiger partial charge in [-0.2, -0.15) is 0 Å². The highest BCUT2D eigenvalue weighted by Gasteiger charge is 2.19. The van der Waals surface area contributed by atoms with E-state index >= 15 is 0 Å². The largest absolute Gasteiger partial charge is 0.348 e. The van der Waals surface area contributed by atoms with Crippen molar-refractivity contribution >= 4 is 5.91 Å². The van der Waals surface area contributed by atoms with Crippen LogP contribution in [0.5, 0.6) is 0 Å². The van der Waals surface area contributed by atoms with Gasteiger partial charge in [-0.15, -0.1) is 0 Å². The number of likely N-dealkylation sites (tertiary alicyclic amines) is 1. The molecule has 1 amide bonds. The minimum absolute atomic E-state index is 0.106. The molecule has 1 saturated heterocycles. The molecule has 1 unspecified atom stereocenters. The van der Waals surface area contributed by atoms with Crippen molar-refractivity contribution in [3.63, 3.8) is 0 Å². The predicted octanol–water partition coefficient (Wildman–Crippen LogP) is 0.209. The number of rotatable bonds is 2. The van der Waals surface area contributed by atoms with E-state index in [1.807, 2.05) is 0 Å². The average Bonchev–Trinajstić information content (AvgIpc) is 2.32. The van der Waals surface area contributed by atoms with E-state index in [0.717, 1.165) is 25.9 Å². The number of carbonyl (C=O) groups excluding carboxylic acids is 1. The fraction of sp³-hybridized carbons (Fsp3) is 0.538. The molecule has 5 nitrogen and oxygen atoms in total. The summed E-state index contributed by atoms with van der Waals surface area (Å²) in [5.41, 5.74) is 0.425. The van der Waals surface area contributed by atoms with Crippen molar-refractivity contribution in [2.75, 3.05) is 20.1 Å². The summed E-state index contributed by atoms with van der Waals surface area (Å²) in [6.07, 6.45) is 3.70. The van der Waals surface area contributed by atoms with Crippen molar-refractivity contribution in [2.45, 2.75) is 18.9 Å². The molecule has 2 heterocycles. The zero-order valence-corrected chi connectivity index (χ0v) is 10.8. The number of amides is 1. The van der Waals surface area contributed by atoms with Gasteiger partial charge in [-0.1, -0.05) is 0 Å². The van der Waals surface area contributed by atoms with E-state index < -0.39 is 0 Å². The lowest BCUT2D eigenvalue weighted by atomic mass is 10.1. The minimum Gasteiger partial charge on any atom is -0.348 e. The third kappa shape index (κ3) is 2.98. The number of aromatic nitrogens is 1. The van der Waals surface area contributed by atoms with E-state index in [1.165, 1.54) is 10.6 Å². The van der Waals surface area contributed by atoms with Crippen molar-refractivity contribution in [2.24, 2.45) is 7.05 Å². The predicted molar refractivity (Wildman–Crippen MR) is 69.7 cm³/mol. The summed E-state index contributed by atoms with van der Waals surface area (Å²) in [4.78, 5) is 25.5. The van der Waals surface area contributed by atoms with Gasteiger partial charge in [-0.25, -0.2) is 0 Å². The van der Waals surface area contributed by atoms with Crippen molar-refractivity contribution in [3.8, 4) is 0 Å². The van der Waals surface area contributed by atoms with Crippen molar-refractivity contribution in [1.29, 1.82) is 0 Å². The molecular formula is C13H19N3O2. The fourth-order valence-corrected chi connectivity index (χ4v) is 2.28. The van der Waals surface area contributed by atoms with Gasteiger partial charge in [-0.05, 0) is 32.5 Å².